The van der Waals surface area contributed by atoms with Crippen LogP contribution in [0.2, 0.25) is 0 Å². The van der Waals surface area contributed by atoms with Crippen LogP contribution in [0, 0.1) is 11.8 Å². The van der Waals surface area contributed by atoms with Gasteiger partial charge in [0.05, 0.1) is 5.92 Å². The SMILES string of the molecule is CC(C)C[C@@H](NC(=O)[C@@H](CCC(=O)O)NC(=O)C1CC[C@H]2CC[C@@H](CNC(=O)C(Cc3ccc(O)cc3)NC(=O)CCCCCN)C(=O)N12)C(N)=O. The number of rotatable bonds is 21. The molecule has 2 aliphatic heterocycles. The number of piperidine rings is 1. The number of benzene rings is 1. The van der Waals surface area contributed by atoms with Crippen LogP contribution in [-0.2, 0) is 40.0 Å². The minimum absolute atomic E-state index is 0.0172. The number of carbonyl (C=O) groups is 7. The Morgan fingerprint density at radius 1 is 0.865 bits per heavy atom. The van der Waals surface area contributed by atoms with E-state index in [1.807, 2.05) is 13.8 Å². The number of primary amides is 1. The molecule has 0 aromatic heterocycles. The van der Waals surface area contributed by atoms with Crippen molar-refractivity contribution in [3.05, 3.63) is 29.8 Å². The minimum atomic E-state index is -1.28. The van der Waals surface area contributed by atoms with E-state index in [1.165, 1.54) is 17.0 Å². The summed E-state index contributed by atoms with van der Waals surface area (Å²) in [6, 6.07) is 1.93. The van der Waals surface area contributed by atoms with Crippen LogP contribution in [0.1, 0.15) is 90.0 Å². The molecule has 0 bridgehead atoms. The summed E-state index contributed by atoms with van der Waals surface area (Å²) in [6.45, 7) is 4.19. The Morgan fingerprint density at radius 2 is 1.56 bits per heavy atom. The van der Waals surface area contributed by atoms with Gasteiger partial charge in [0.25, 0.3) is 0 Å². The molecule has 2 unspecified atom stereocenters. The first-order valence-corrected chi connectivity index (χ1v) is 18.2. The van der Waals surface area contributed by atoms with E-state index in [1.54, 1.807) is 12.1 Å². The highest BCUT2D eigenvalue weighted by atomic mass is 16.4. The van der Waals surface area contributed by atoms with Crippen molar-refractivity contribution in [3.63, 3.8) is 0 Å². The number of hydrogen-bond acceptors (Lipinski definition) is 9. The summed E-state index contributed by atoms with van der Waals surface area (Å²) in [5.41, 5.74) is 11.7. The van der Waals surface area contributed by atoms with Gasteiger partial charge in [-0.15, -0.1) is 0 Å². The van der Waals surface area contributed by atoms with Crippen molar-refractivity contribution >= 4 is 41.4 Å². The third-order valence-corrected chi connectivity index (χ3v) is 9.56. The maximum atomic E-state index is 13.8. The maximum Gasteiger partial charge on any atom is 0.303 e. The van der Waals surface area contributed by atoms with Crippen LogP contribution >= 0.6 is 0 Å². The molecule has 1 aromatic carbocycles. The Balaban J connectivity index is 1.67. The molecule has 10 N–H and O–H groups in total. The molecule has 6 atom stereocenters. The molecular weight excluding hydrogens is 674 g/mol. The van der Waals surface area contributed by atoms with Crippen molar-refractivity contribution in [1.82, 2.24) is 26.2 Å². The molecule has 16 nitrogen and oxygen atoms in total. The van der Waals surface area contributed by atoms with Gasteiger partial charge in [0.2, 0.25) is 35.4 Å². The van der Waals surface area contributed by atoms with E-state index in [2.05, 4.69) is 21.3 Å². The van der Waals surface area contributed by atoms with Crippen LogP contribution in [0.4, 0.5) is 0 Å². The number of carbonyl (C=O) groups excluding carboxylic acids is 6. The van der Waals surface area contributed by atoms with Gasteiger partial charge >= 0.3 is 5.97 Å². The molecule has 0 spiro atoms. The van der Waals surface area contributed by atoms with Crippen molar-refractivity contribution < 1.29 is 43.8 Å². The Kier molecular flexibility index (Phi) is 16.3. The predicted molar refractivity (Wildman–Crippen MR) is 190 cm³/mol. The molecule has 6 amide bonds. The summed E-state index contributed by atoms with van der Waals surface area (Å²) >= 11 is 0. The van der Waals surface area contributed by atoms with Crippen molar-refractivity contribution in [3.8, 4) is 5.75 Å². The van der Waals surface area contributed by atoms with Crippen molar-refractivity contribution in [2.45, 2.75) is 121 Å². The van der Waals surface area contributed by atoms with Gasteiger partial charge in [0, 0.05) is 31.8 Å². The topological polar surface area (TPSA) is 263 Å². The maximum absolute atomic E-state index is 13.8. The first kappa shape index (κ1) is 41.7. The quantitative estimate of drug-likeness (QED) is 0.0797. The molecule has 0 saturated carbocycles. The zero-order chi connectivity index (χ0) is 38.4. The van der Waals surface area contributed by atoms with Gasteiger partial charge in [0.15, 0.2) is 0 Å². The van der Waals surface area contributed by atoms with E-state index in [-0.39, 0.29) is 61.8 Å². The largest absolute Gasteiger partial charge is 0.508 e. The molecule has 2 aliphatic rings. The van der Waals surface area contributed by atoms with Gasteiger partial charge in [0.1, 0.15) is 29.9 Å². The number of aliphatic carboxylic acids is 1. The second-order valence-electron chi connectivity index (χ2n) is 14.2. The molecule has 1 aromatic rings. The summed E-state index contributed by atoms with van der Waals surface area (Å²) in [4.78, 5) is 91.6. The number of nitrogens with one attached hydrogen (secondary N) is 4. The highest BCUT2D eigenvalue weighted by Crippen LogP contribution is 2.35. The highest BCUT2D eigenvalue weighted by Gasteiger charge is 2.46. The van der Waals surface area contributed by atoms with Crippen LogP contribution in [0.5, 0.6) is 5.75 Å². The lowest BCUT2D eigenvalue weighted by Gasteiger charge is -2.38. The Morgan fingerprint density at radius 3 is 2.19 bits per heavy atom. The van der Waals surface area contributed by atoms with Crippen molar-refractivity contribution in [2.75, 3.05) is 13.1 Å². The average molecular weight is 730 g/mol. The molecule has 2 saturated heterocycles. The lowest BCUT2D eigenvalue weighted by atomic mass is 9.92. The third-order valence-electron chi connectivity index (χ3n) is 9.56. The first-order valence-electron chi connectivity index (χ1n) is 18.2. The Labute approximate surface area is 304 Å². The fourth-order valence-corrected chi connectivity index (χ4v) is 6.77. The Bertz CT molecular complexity index is 1420. The number of unbranched alkanes of at least 4 members (excludes halogenated alkanes) is 2. The summed E-state index contributed by atoms with van der Waals surface area (Å²) in [5.74, 6) is -4.96. The number of amides is 6. The van der Waals surface area contributed by atoms with Crippen LogP contribution < -0.4 is 32.7 Å². The molecule has 16 heteroatoms. The molecule has 2 heterocycles. The molecule has 288 valence electrons. The second kappa shape index (κ2) is 20.3. The molecular formula is C36H55N7O9. The van der Waals surface area contributed by atoms with E-state index >= 15 is 0 Å². The number of fused-ring (bicyclic) bond motifs is 1. The van der Waals surface area contributed by atoms with Crippen LogP contribution in [0.15, 0.2) is 24.3 Å². The van der Waals surface area contributed by atoms with Gasteiger partial charge in [-0.2, -0.15) is 0 Å². The summed E-state index contributed by atoms with van der Waals surface area (Å²) in [7, 11) is 0. The number of phenols is 1. The predicted octanol–water partition coefficient (Wildman–Crippen LogP) is 0.190. The van der Waals surface area contributed by atoms with E-state index in [0.717, 1.165) is 12.8 Å². The molecule has 3 rings (SSSR count). The average Bonchev–Trinajstić information content (AvgIpc) is 3.53. The highest BCUT2D eigenvalue weighted by molar-refractivity contribution is 5.95. The summed E-state index contributed by atoms with van der Waals surface area (Å²) < 4.78 is 0. The standard InChI is InChI=1S/C36H55N7O9/c1-21(2)18-27(32(38)48)42-34(50)26(14-16-31(46)47)41-35(51)29-15-11-24-10-9-23(36(52)43(24)29)20-39-33(49)28(19-22-7-12-25(44)13-8-22)40-30(45)6-4-3-5-17-37/h7-8,12-13,21,23-24,26-29,44H,3-6,9-11,14-20,37H2,1-2H3,(H2,38,48)(H,39,49)(H,40,45)(H,41,51)(H,42,50)(H,46,47)/t23-,24+,26+,27+,28?,29?/m0/s1. The summed E-state index contributed by atoms with van der Waals surface area (Å²) in [5, 5.41) is 29.7. The number of carboxylic acids is 1. The molecule has 52 heavy (non-hydrogen) atoms. The molecule has 0 radical (unpaired) electrons. The number of nitrogens with zero attached hydrogens (tertiary/aromatic N) is 1. The number of nitrogens with two attached hydrogens (primary N) is 2. The fraction of sp³-hybridized carbons (Fsp3) is 0.639. The van der Waals surface area contributed by atoms with Gasteiger partial charge in [-0.05, 0) is 81.5 Å². The number of hydrogen-bond donors (Lipinski definition) is 8. The third kappa shape index (κ3) is 12.8. The van der Waals surface area contributed by atoms with Gasteiger partial charge in [-0.25, -0.2) is 0 Å². The lowest BCUT2D eigenvalue weighted by Crippen LogP contribution is -2.58. The normalized spacial score (nSPS) is 20.0. The number of phenolic OH excluding ortho intramolecular Hbond substituents is 1. The second-order valence-corrected chi connectivity index (χ2v) is 14.2. The van der Waals surface area contributed by atoms with Gasteiger partial charge < -0.3 is 47.8 Å². The van der Waals surface area contributed by atoms with Gasteiger partial charge in [-0.3, -0.25) is 33.6 Å². The number of carboxylic acid groups (broad SMARTS) is 1. The molecule has 0 aliphatic carbocycles. The van der Waals surface area contributed by atoms with Crippen molar-refractivity contribution in [1.29, 1.82) is 0 Å². The first-order chi connectivity index (χ1) is 24.7. The smallest absolute Gasteiger partial charge is 0.303 e. The molecule has 2 fully saturated rings. The van der Waals surface area contributed by atoms with Crippen LogP contribution in [0.25, 0.3) is 0 Å². The zero-order valence-corrected chi connectivity index (χ0v) is 30.1. The van der Waals surface area contributed by atoms with Crippen molar-refractivity contribution in [2.24, 2.45) is 23.3 Å². The monoisotopic (exact) mass is 729 g/mol. The fourth-order valence-electron chi connectivity index (χ4n) is 6.77. The zero-order valence-electron chi connectivity index (χ0n) is 30.1. The van der Waals surface area contributed by atoms with Crippen LogP contribution in [-0.4, -0.2) is 99.8 Å². The van der Waals surface area contributed by atoms with E-state index in [0.29, 0.717) is 44.2 Å². The van der Waals surface area contributed by atoms with E-state index < -0.39 is 66.1 Å². The van der Waals surface area contributed by atoms with Crippen LogP contribution in [0.3, 0.4) is 0 Å². The lowest BCUT2D eigenvalue weighted by molar-refractivity contribution is -0.147. The van der Waals surface area contributed by atoms with Gasteiger partial charge in [-0.1, -0.05) is 32.4 Å². The van der Waals surface area contributed by atoms with E-state index in [4.69, 9.17) is 11.5 Å². The minimum Gasteiger partial charge on any atom is -0.508 e. The summed E-state index contributed by atoms with van der Waals surface area (Å²) in [6.07, 6.45) is 4.10. The Hall–Kier alpha value is -4.73. The number of aromatic hydroxyl groups is 1. The van der Waals surface area contributed by atoms with E-state index in [9.17, 15) is 43.8 Å².